The summed E-state index contributed by atoms with van der Waals surface area (Å²) in [5.41, 5.74) is 5.72. The smallest absolute Gasteiger partial charge is 0.318 e. The zero-order chi connectivity index (χ0) is 23.2. The Bertz CT molecular complexity index is 1300. The molecule has 0 saturated carbocycles. The highest BCUT2D eigenvalue weighted by molar-refractivity contribution is 6.39. The van der Waals surface area contributed by atoms with E-state index < -0.39 is 17.8 Å². The summed E-state index contributed by atoms with van der Waals surface area (Å²) in [6.45, 7) is 7.70. The third kappa shape index (κ3) is 3.74. The van der Waals surface area contributed by atoms with Crippen molar-refractivity contribution in [2.45, 2.75) is 27.7 Å². The first kappa shape index (κ1) is 21.6. The lowest BCUT2D eigenvalue weighted by Crippen LogP contribution is -2.54. The molecule has 2 aromatic carbocycles. The number of aryl methyl sites for hydroxylation is 3. The molecule has 7 heteroatoms. The molecule has 0 spiro atoms. The molecule has 1 fully saturated rings. The number of hydrogen-bond donors (Lipinski definition) is 1. The van der Waals surface area contributed by atoms with Crippen LogP contribution in [-0.4, -0.2) is 22.4 Å². The number of nitrogens with zero attached hydrogens (tertiary/aromatic N) is 2. The van der Waals surface area contributed by atoms with Crippen LogP contribution in [0.25, 0.3) is 11.8 Å². The molecule has 1 N–H and O–H groups in total. The maximum Gasteiger partial charge on any atom is 0.335 e. The summed E-state index contributed by atoms with van der Waals surface area (Å²) in [5, 5.41) is 2.92. The van der Waals surface area contributed by atoms with E-state index in [0.29, 0.717) is 16.3 Å². The number of carbonyl (C=O) groups excluding carboxylic acids is 3. The van der Waals surface area contributed by atoms with Crippen molar-refractivity contribution in [3.8, 4) is 5.69 Å². The molecule has 4 rings (SSSR count). The van der Waals surface area contributed by atoms with E-state index in [1.165, 1.54) is 6.08 Å². The van der Waals surface area contributed by atoms with Crippen LogP contribution in [0.5, 0.6) is 0 Å². The summed E-state index contributed by atoms with van der Waals surface area (Å²) in [4.78, 5) is 39.2. The van der Waals surface area contributed by atoms with Crippen LogP contribution in [0.4, 0.5) is 10.5 Å². The average Bonchev–Trinajstić information content (AvgIpc) is 3.01. The minimum absolute atomic E-state index is 0.0980. The molecule has 0 unspecified atom stereocenters. The van der Waals surface area contributed by atoms with E-state index in [4.69, 9.17) is 11.6 Å². The van der Waals surface area contributed by atoms with Gasteiger partial charge in [0.1, 0.15) is 5.57 Å². The van der Waals surface area contributed by atoms with Gasteiger partial charge in [0.25, 0.3) is 11.8 Å². The molecule has 0 atom stereocenters. The minimum atomic E-state index is -0.757. The van der Waals surface area contributed by atoms with Gasteiger partial charge in [-0.3, -0.25) is 14.9 Å². The van der Waals surface area contributed by atoms with Gasteiger partial charge >= 0.3 is 6.03 Å². The fraction of sp³-hybridized carbons (Fsp3) is 0.160. The Hall–Kier alpha value is -3.64. The molecule has 32 heavy (non-hydrogen) atoms. The molecule has 6 nitrogen and oxygen atoms in total. The van der Waals surface area contributed by atoms with Crippen LogP contribution in [0.15, 0.2) is 54.1 Å². The van der Waals surface area contributed by atoms with E-state index >= 15 is 0 Å². The van der Waals surface area contributed by atoms with E-state index in [0.717, 1.165) is 33.1 Å². The SMILES string of the molecule is Cc1ccc(N2C(=O)NC(=O)/C(=C/c3cc(C)n(-c4ccc(Cl)cc4)c3C)C2=O)cc1C. The summed E-state index contributed by atoms with van der Waals surface area (Å²) in [5.74, 6) is -1.37. The molecule has 1 aliphatic heterocycles. The van der Waals surface area contributed by atoms with Gasteiger partial charge < -0.3 is 4.57 Å². The zero-order valence-corrected chi connectivity index (χ0v) is 18.9. The Morgan fingerprint density at radius 2 is 1.50 bits per heavy atom. The minimum Gasteiger partial charge on any atom is -0.318 e. The number of amides is 4. The Labute approximate surface area is 191 Å². The van der Waals surface area contributed by atoms with Crippen molar-refractivity contribution in [3.63, 3.8) is 0 Å². The number of halogens is 1. The predicted octanol–water partition coefficient (Wildman–Crippen LogP) is 5.03. The van der Waals surface area contributed by atoms with E-state index in [1.54, 1.807) is 24.3 Å². The van der Waals surface area contributed by atoms with Gasteiger partial charge in [0.15, 0.2) is 0 Å². The van der Waals surface area contributed by atoms with Crippen LogP contribution in [0.2, 0.25) is 5.02 Å². The summed E-state index contributed by atoms with van der Waals surface area (Å²) >= 11 is 6.01. The first-order valence-electron chi connectivity index (χ1n) is 10.1. The van der Waals surface area contributed by atoms with Crippen LogP contribution in [-0.2, 0) is 9.59 Å². The molecule has 4 amide bonds. The summed E-state index contributed by atoms with van der Waals surface area (Å²) in [6.07, 6.45) is 1.53. The van der Waals surface area contributed by atoms with Crippen LogP contribution < -0.4 is 10.2 Å². The summed E-state index contributed by atoms with van der Waals surface area (Å²) < 4.78 is 2.01. The number of nitrogens with one attached hydrogen (secondary N) is 1. The van der Waals surface area contributed by atoms with Crippen molar-refractivity contribution in [3.05, 3.63) is 87.2 Å². The van der Waals surface area contributed by atoms with Gasteiger partial charge in [-0.25, -0.2) is 9.69 Å². The van der Waals surface area contributed by atoms with Crippen LogP contribution in [0.1, 0.15) is 28.1 Å². The highest BCUT2D eigenvalue weighted by Gasteiger charge is 2.37. The molecule has 1 aliphatic rings. The van der Waals surface area contributed by atoms with Crippen molar-refractivity contribution < 1.29 is 14.4 Å². The Balaban J connectivity index is 1.76. The lowest BCUT2D eigenvalue weighted by Gasteiger charge is -2.26. The molecule has 1 aromatic heterocycles. The highest BCUT2D eigenvalue weighted by Crippen LogP contribution is 2.27. The van der Waals surface area contributed by atoms with Crippen LogP contribution >= 0.6 is 11.6 Å². The van der Waals surface area contributed by atoms with Crippen molar-refractivity contribution in [2.24, 2.45) is 0 Å². The number of rotatable bonds is 3. The second-order valence-electron chi connectivity index (χ2n) is 7.86. The largest absolute Gasteiger partial charge is 0.335 e. The molecule has 3 aromatic rings. The maximum absolute atomic E-state index is 13.2. The quantitative estimate of drug-likeness (QED) is 0.452. The number of benzene rings is 2. The maximum atomic E-state index is 13.2. The third-order valence-electron chi connectivity index (χ3n) is 5.71. The van der Waals surface area contributed by atoms with E-state index in [2.05, 4.69) is 5.32 Å². The first-order valence-corrected chi connectivity index (χ1v) is 10.5. The Morgan fingerprint density at radius 3 is 2.16 bits per heavy atom. The number of anilines is 1. The molecule has 1 saturated heterocycles. The van der Waals surface area contributed by atoms with Crippen molar-refractivity contribution in [2.75, 3.05) is 4.90 Å². The van der Waals surface area contributed by atoms with Gasteiger partial charge in [0.05, 0.1) is 5.69 Å². The number of aromatic nitrogens is 1. The van der Waals surface area contributed by atoms with Gasteiger partial charge in [-0.15, -0.1) is 0 Å². The average molecular weight is 448 g/mol. The van der Waals surface area contributed by atoms with E-state index in [-0.39, 0.29) is 5.57 Å². The number of urea groups is 1. The fourth-order valence-corrected chi connectivity index (χ4v) is 3.96. The number of carbonyl (C=O) groups is 3. The van der Waals surface area contributed by atoms with Crippen molar-refractivity contribution in [1.82, 2.24) is 9.88 Å². The molecule has 0 radical (unpaired) electrons. The second-order valence-corrected chi connectivity index (χ2v) is 8.30. The summed E-state index contributed by atoms with van der Waals surface area (Å²) in [6, 6.07) is 13.8. The third-order valence-corrected chi connectivity index (χ3v) is 5.96. The zero-order valence-electron chi connectivity index (χ0n) is 18.2. The molecule has 162 valence electrons. The predicted molar refractivity (Wildman–Crippen MR) is 125 cm³/mol. The molecule has 2 heterocycles. The second kappa shape index (κ2) is 8.13. The molecule has 0 aliphatic carbocycles. The van der Waals surface area contributed by atoms with E-state index in [9.17, 15) is 14.4 Å². The van der Waals surface area contributed by atoms with Crippen LogP contribution in [0, 0.1) is 27.7 Å². The van der Waals surface area contributed by atoms with Gasteiger partial charge in [-0.1, -0.05) is 17.7 Å². The molecular formula is C25H22ClN3O3. The van der Waals surface area contributed by atoms with Gasteiger partial charge in [0, 0.05) is 22.1 Å². The van der Waals surface area contributed by atoms with E-state index in [1.807, 2.05) is 56.5 Å². The van der Waals surface area contributed by atoms with Gasteiger partial charge in [-0.2, -0.15) is 0 Å². The fourth-order valence-electron chi connectivity index (χ4n) is 3.83. The lowest BCUT2D eigenvalue weighted by molar-refractivity contribution is -0.122. The van der Waals surface area contributed by atoms with Crippen LogP contribution in [0.3, 0.4) is 0 Å². The van der Waals surface area contributed by atoms with Crippen molar-refractivity contribution >= 4 is 41.2 Å². The number of imide groups is 2. The monoisotopic (exact) mass is 447 g/mol. The van der Waals surface area contributed by atoms with Gasteiger partial charge in [0.2, 0.25) is 0 Å². The highest BCUT2D eigenvalue weighted by atomic mass is 35.5. The molecular weight excluding hydrogens is 426 g/mol. The number of barbiturate groups is 1. The Morgan fingerprint density at radius 1 is 0.844 bits per heavy atom. The standard InChI is InChI=1S/C25H22ClN3O3/c1-14-5-8-21(11-15(14)2)29-24(31)22(23(30)27-25(29)32)13-18-12-16(3)28(17(18)4)20-9-6-19(26)7-10-20/h5-13H,1-4H3,(H,27,30,32)/b22-13-. The van der Waals surface area contributed by atoms with Gasteiger partial charge in [-0.05, 0) is 92.9 Å². The molecule has 0 bridgehead atoms. The lowest BCUT2D eigenvalue weighted by atomic mass is 10.1. The topological polar surface area (TPSA) is 71.4 Å². The summed E-state index contributed by atoms with van der Waals surface area (Å²) in [7, 11) is 0. The first-order chi connectivity index (χ1) is 15.2. The van der Waals surface area contributed by atoms with Crippen molar-refractivity contribution in [1.29, 1.82) is 0 Å². The number of hydrogen-bond acceptors (Lipinski definition) is 3. The Kier molecular flexibility index (Phi) is 5.48. The normalized spacial score (nSPS) is 15.5.